The van der Waals surface area contributed by atoms with Gasteiger partial charge >= 0.3 is 0 Å². The molecule has 0 radical (unpaired) electrons. The summed E-state index contributed by atoms with van der Waals surface area (Å²) in [4.78, 5) is 24.9. The molecule has 2 atom stereocenters. The SMILES string of the molecule is O=C1c2ccccc2OC2(C(=O)Nc3ccc(Cl)cc3)CC12. The minimum atomic E-state index is -1.06. The van der Waals surface area contributed by atoms with Gasteiger partial charge in [-0.05, 0) is 36.4 Å². The van der Waals surface area contributed by atoms with Gasteiger partial charge in [0, 0.05) is 17.1 Å². The Labute approximate surface area is 132 Å². The summed E-state index contributed by atoms with van der Waals surface area (Å²) in [6, 6.07) is 13.9. The van der Waals surface area contributed by atoms with E-state index in [-0.39, 0.29) is 11.7 Å². The summed E-state index contributed by atoms with van der Waals surface area (Å²) in [6.45, 7) is 0. The first-order valence-corrected chi connectivity index (χ1v) is 7.37. The highest BCUT2D eigenvalue weighted by Crippen LogP contribution is 2.54. The minimum Gasteiger partial charge on any atom is -0.476 e. The van der Waals surface area contributed by atoms with Crippen molar-refractivity contribution in [3.8, 4) is 5.75 Å². The lowest BCUT2D eigenvalue weighted by molar-refractivity contribution is -0.125. The van der Waals surface area contributed by atoms with Crippen molar-refractivity contribution in [2.45, 2.75) is 12.0 Å². The molecule has 4 nitrogen and oxygen atoms in total. The minimum absolute atomic E-state index is 0.0203. The quantitative estimate of drug-likeness (QED) is 0.925. The lowest BCUT2D eigenvalue weighted by Crippen LogP contribution is -2.41. The second-order valence-electron chi connectivity index (χ2n) is 5.57. The second kappa shape index (κ2) is 4.58. The number of hydrogen-bond acceptors (Lipinski definition) is 3. The number of amides is 1. The van der Waals surface area contributed by atoms with Gasteiger partial charge in [0.15, 0.2) is 11.4 Å². The molecule has 1 saturated carbocycles. The average molecular weight is 314 g/mol. The third kappa shape index (κ3) is 1.91. The van der Waals surface area contributed by atoms with Crippen LogP contribution in [0.5, 0.6) is 5.75 Å². The first kappa shape index (κ1) is 13.3. The number of ether oxygens (including phenoxy) is 1. The highest BCUT2D eigenvalue weighted by atomic mass is 35.5. The van der Waals surface area contributed by atoms with E-state index in [1.807, 2.05) is 0 Å². The van der Waals surface area contributed by atoms with Crippen molar-refractivity contribution < 1.29 is 14.3 Å². The van der Waals surface area contributed by atoms with Gasteiger partial charge in [0.05, 0.1) is 11.5 Å². The second-order valence-corrected chi connectivity index (χ2v) is 6.01. The van der Waals surface area contributed by atoms with Crippen LogP contribution in [-0.4, -0.2) is 17.3 Å². The number of Topliss-reactive ketones (excluding diaryl/α,β-unsaturated/α-hetero) is 1. The molecule has 1 amide bonds. The zero-order chi connectivity index (χ0) is 15.3. The van der Waals surface area contributed by atoms with E-state index in [0.717, 1.165) is 0 Å². The van der Waals surface area contributed by atoms with E-state index in [1.165, 1.54) is 0 Å². The summed E-state index contributed by atoms with van der Waals surface area (Å²) < 4.78 is 5.86. The summed E-state index contributed by atoms with van der Waals surface area (Å²) in [5.74, 6) is -0.224. The van der Waals surface area contributed by atoms with Crippen molar-refractivity contribution in [3.05, 3.63) is 59.1 Å². The zero-order valence-electron chi connectivity index (χ0n) is 11.5. The molecule has 0 bridgehead atoms. The van der Waals surface area contributed by atoms with Gasteiger partial charge in [0.25, 0.3) is 5.91 Å². The molecule has 2 aliphatic rings. The monoisotopic (exact) mass is 313 g/mol. The number of rotatable bonds is 2. The summed E-state index contributed by atoms with van der Waals surface area (Å²) in [5, 5.41) is 3.39. The zero-order valence-corrected chi connectivity index (χ0v) is 12.3. The van der Waals surface area contributed by atoms with Gasteiger partial charge in [-0.1, -0.05) is 23.7 Å². The van der Waals surface area contributed by atoms with Crippen LogP contribution in [-0.2, 0) is 4.79 Å². The maximum absolute atomic E-state index is 12.5. The Kier molecular flexibility index (Phi) is 2.78. The summed E-state index contributed by atoms with van der Waals surface area (Å²) in [7, 11) is 0. The molecule has 1 heterocycles. The Morgan fingerprint density at radius 1 is 1.18 bits per heavy atom. The van der Waals surface area contributed by atoms with Crippen molar-refractivity contribution in [3.63, 3.8) is 0 Å². The summed E-state index contributed by atoms with van der Waals surface area (Å²) in [6.07, 6.45) is 0.417. The van der Waals surface area contributed by atoms with Crippen LogP contribution in [0.4, 0.5) is 5.69 Å². The molecule has 4 rings (SSSR count). The molecular weight excluding hydrogens is 302 g/mol. The number of nitrogens with one attached hydrogen (secondary N) is 1. The predicted molar refractivity (Wildman–Crippen MR) is 82.3 cm³/mol. The summed E-state index contributed by atoms with van der Waals surface area (Å²) in [5.41, 5.74) is 0.120. The Balaban J connectivity index is 1.60. The highest BCUT2D eigenvalue weighted by Gasteiger charge is 2.68. The van der Waals surface area contributed by atoms with Crippen LogP contribution in [0.15, 0.2) is 48.5 Å². The van der Waals surface area contributed by atoms with Crippen LogP contribution in [0.2, 0.25) is 5.02 Å². The molecule has 2 aromatic rings. The van der Waals surface area contributed by atoms with Gasteiger partial charge in [-0.15, -0.1) is 0 Å². The van der Waals surface area contributed by atoms with E-state index in [4.69, 9.17) is 16.3 Å². The first-order valence-electron chi connectivity index (χ1n) is 6.99. The average Bonchev–Trinajstić information content (AvgIpc) is 3.26. The Morgan fingerprint density at radius 2 is 1.91 bits per heavy atom. The predicted octanol–water partition coefficient (Wildman–Crippen LogP) is 3.31. The van der Waals surface area contributed by atoms with E-state index < -0.39 is 11.5 Å². The number of benzene rings is 2. The van der Waals surface area contributed by atoms with Crippen molar-refractivity contribution in [1.29, 1.82) is 0 Å². The fourth-order valence-corrected chi connectivity index (χ4v) is 3.00. The third-order valence-electron chi connectivity index (χ3n) is 4.16. The Hall–Kier alpha value is -2.33. The lowest BCUT2D eigenvalue weighted by atomic mass is 10.0. The Morgan fingerprint density at radius 3 is 2.68 bits per heavy atom. The van der Waals surface area contributed by atoms with Crippen LogP contribution >= 0.6 is 11.6 Å². The maximum Gasteiger partial charge on any atom is 0.269 e. The van der Waals surface area contributed by atoms with E-state index in [1.54, 1.807) is 48.5 Å². The van der Waals surface area contributed by atoms with Crippen LogP contribution in [0.3, 0.4) is 0 Å². The van der Waals surface area contributed by atoms with E-state index >= 15 is 0 Å². The number of para-hydroxylation sites is 1. The molecule has 2 unspecified atom stereocenters. The Bertz CT molecular complexity index is 787. The first-order chi connectivity index (χ1) is 10.6. The molecular formula is C17H12ClNO3. The fourth-order valence-electron chi connectivity index (χ4n) is 2.87. The molecule has 1 aliphatic carbocycles. The molecule has 5 heteroatoms. The van der Waals surface area contributed by atoms with Crippen molar-refractivity contribution in [2.24, 2.45) is 5.92 Å². The number of ketones is 1. The van der Waals surface area contributed by atoms with Crippen LogP contribution in [0, 0.1) is 5.92 Å². The van der Waals surface area contributed by atoms with E-state index in [9.17, 15) is 9.59 Å². The van der Waals surface area contributed by atoms with Gasteiger partial charge in [-0.3, -0.25) is 9.59 Å². The highest BCUT2D eigenvalue weighted by molar-refractivity contribution is 6.30. The van der Waals surface area contributed by atoms with E-state index in [2.05, 4.69) is 5.32 Å². The van der Waals surface area contributed by atoms with Gasteiger partial charge in [-0.2, -0.15) is 0 Å². The molecule has 2 aromatic carbocycles. The van der Waals surface area contributed by atoms with Crippen LogP contribution < -0.4 is 10.1 Å². The number of carbonyl (C=O) groups is 2. The maximum atomic E-state index is 12.5. The van der Waals surface area contributed by atoms with Crippen molar-refractivity contribution in [2.75, 3.05) is 5.32 Å². The third-order valence-corrected chi connectivity index (χ3v) is 4.41. The molecule has 0 spiro atoms. The molecule has 1 aliphatic heterocycles. The van der Waals surface area contributed by atoms with Crippen molar-refractivity contribution in [1.82, 2.24) is 0 Å². The fraction of sp³-hybridized carbons (Fsp3) is 0.176. The molecule has 1 fully saturated rings. The molecule has 1 N–H and O–H groups in total. The van der Waals surface area contributed by atoms with Gasteiger partial charge < -0.3 is 10.1 Å². The smallest absolute Gasteiger partial charge is 0.269 e. The van der Waals surface area contributed by atoms with Gasteiger partial charge in [-0.25, -0.2) is 0 Å². The lowest BCUT2D eigenvalue weighted by Gasteiger charge is -2.24. The standard InChI is InChI=1S/C17H12ClNO3/c18-10-5-7-11(8-6-10)19-16(21)17-9-13(17)15(20)12-3-1-2-4-14(12)22-17/h1-8,13H,9H2,(H,19,21). The normalized spacial score (nSPS) is 24.8. The molecule has 0 saturated heterocycles. The number of hydrogen-bond donors (Lipinski definition) is 1. The van der Waals surface area contributed by atoms with Crippen LogP contribution in [0.1, 0.15) is 16.8 Å². The topological polar surface area (TPSA) is 55.4 Å². The van der Waals surface area contributed by atoms with Gasteiger partial charge in [0.2, 0.25) is 0 Å². The van der Waals surface area contributed by atoms with Crippen LogP contribution in [0.25, 0.3) is 0 Å². The largest absolute Gasteiger partial charge is 0.476 e. The number of fused-ring (bicyclic) bond motifs is 2. The summed E-state index contributed by atoms with van der Waals surface area (Å²) >= 11 is 5.83. The number of carbonyl (C=O) groups excluding carboxylic acids is 2. The number of anilines is 1. The van der Waals surface area contributed by atoms with E-state index in [0.29, 0.717) is 28.4 Å². The molecule has 0 aromatic heterocycles. The molecule has 110 valence electrons. The number of halogens is 1. The van der Waals surface area contributed by atoms with Gasteiger partial charge in [0.1, 0.15) is 5.75 Å². The van der Waals surface area contributed by atoms with Crippen molar-refractivity contribution >= 4 is 29.0 Å². The molecule has 22 heavy (non-hydrogen) atoms.